The molecule has 5 aromatic rings. The van der Waals surface area contributed by atoms with Crippen LogP contribution < -0.4 is 0 Å². The lowest BCUT2D eigenvalue weighted by atomic mass is 10.1. The zero-order chi connectivity index (χ0) is 21.9. The molecule has 0 aliphatic carbocycles. The lowest BCUT2D eigenvalue weighted by Crippen LogP contribution is -1.93. The fraction of sp³-hybridized carbons (Fsp3) is 0.115. The molecular weight excluding hydrogens is 416 g/mol. The minimum atomic E-state index is 0.544. The van der Waals surface area contributed by atoms with Crippen molar-refractivity contribution in [1.82, 2.24) is 20.0 Å². The van der Waals surface area contributed by atoms with Gasteiger partial charge >= 0.3 is 0 Å². The summed E-state index contributed by atoms with van der Waals surface area (Å²) in [5.41, 5.74) is 7.47. The number of hydrogen-bond acceptors (Lipinski definition) is 5. The number of para-hydroxylation sites is 1. The van der Waals surface area contributed by atoms with Crippen LogP contribution in [0.15, 0.2) is 94.7 Å². The fourth-order valence-electron chi connectivity index (χ4n) is 3.69. The summed E-state index contributed by atoms with van der Waals surface area (Å²) in [6.07, 6.45) is 2.08. The highest BCUT2D eigenvalue weighted by molar-refractivity contribution is 7.98. The Balaban J connectivity index is 1.42. The zero-order valence-electron chi connectivity index (χ0n) is 17.9. The maximum absolute atomic E-state index is 5.95. The van der Waals surface area contributed by atoms with Gasteiger partial charge in [0.2, 0.25) is 5.89 Å². The molecule has 0 aliphatic heterocycles. The first-order valence-electron chi connectivity index (χ1n) is 10.4. The molecule has 3 aromatic carbocycles. The SMILES string of the molecule is Cc1cc(C)cc(-c2nnc(SCc3cn(-c4ccccc4)nc3-c3ccccc3)o2)c1. The van der Waals surface area contributed by atoms with Crippen LogP contribution in [0.25, 0.3) is 28.4 Å². The molecule has 0 amide bonds. The van der Waals surface area contributed by atoms with Crippen LogP contribution in [0, 0.1) is 13.8 Å². The van der Waals surface area contributed by atoms with Crippen molar-refractivity contribution in [1.29, 1.82) is 0 Å². The van der Waals surface area contributed by atoms with Gasteiger partial charge in [-0.1, -0.05) is 77.5 Å². The first-order chi connectivity index (χ1) is 15.7. The lowest BCUT2D eigenvalue weighted by molar-refractivity contribution is 0.466. The number of aromatic nitrogens is 4. The molecule has 6 heteroatoms. The molecule has 2 aromatic heterocycles. The molecule has 0 bridgehead atoms. The Hall–Kier alpha value is -3.64. The van der Waals surface area contributed by atoms with Crippen LogP contribution in [0.3, 0.4) is 0 Å². The Kier molecular flexibility index (Phi) is 5.60. The Labute approximate surface area is 191 Å². The molecule has 0 aliphatic rings. The largest absolute Gasteiger partial charge is 0.411 e. The van der Waals surface area contributed by atoms with E-state index in [4.69, 9.17) is 9.52 Å². The third kappa shape index (κ3) is 4.36. The van der Waals surface area contributed by atoms with Gasteiger partial charge in [-0.15, -0.1) is 10.2 Å². The molecule has 0 spiro atoms. The summed E-state index contributed by atoms with van der Waals surface area (Å²) < 4.78 is 7.88. The van der Waals surface area contributed by atoms with Gasteiger partial charge in [0.05, 0.1) is 11.4 Å². The predicted octanol–water partition coefficient (Wildman–Crippen LogP) is 6.50. The van der Waals surface area contributed by atoms with Crippen LogP contribution in [-0.2, 0) is 5.75 Å². The summed E-state index contributed by atoms with van der Waals surface area (Å²) in [5, 5.41) is 13.9. The molecule has 0 saturated heterocycles. The van der Waals surface area contributed by atoms with E-state index in [-0.39, 0.29) is 0 Å². The maximum atomic E-state index is 5.95. The smallest absolute Gasteiger partial charge is 0.277 e. The van der Waals surface area contributed by atoms with Gasteiger partial charge in [0, 0.05) is 28.6 Å². The van der Waals surface area contributed by atoms with Crippen LogP contribution in [-0.4, -0.2) is 20.0 Å². The van der Waals surface area contributed by atoms with Crippen molar-refractivity contribution in [2.75, 3.05) is 0 Å². The second-order valence-electron chi connectivity index (χ2n) is 7.69. The van der Waals surface area contributed by atoms with E-state index in [1.165, 1.54) is 22.9 Å². The summed E-state index contributed by atoms with van der Waals surface area (Å²) in [6.45, 7) is 4.13. The number of thioether (sulfide) groups is 1. The third-order valence-corrected chi connectivity index (χ3v) is 5.95. The molecule has 0 unspecified atom stereocenters. The van der Waals surface area contributed by atoms with E-state index in [1.54, 1.807) is 0 Å². The minimum Gasteiger partial charge on any atom is -0.411 e. The van der Waals surface area contributed by atoms with Crippen molar-refractivity contribution < 1.29 is 4.42 Å². The summed E-state index contributed by atoms with van der Waals surface area (Å²) in [7, 11) is 0. The van der Waals surface area contributed by atoms with Crippen molar-refractivity contribution >= 4 is 11.8 Å². The molecule has 0 fully saturated rings. The van der Waals surface area contributed by atoms with Crippen LogP contribution in [0.5, 0.6) is 0 Å². The lowest BCUT2D eigenvalue weighted by Gasteiger charge is -2.01. The topological polar surface area (TPSA) is 56.7 Å². The molecule has 32 heavy (non-hydrogen) atoms. The van der Waals surface area contributed by atoms with Gasteiger partial charge in [-0.2, -0.15) is 5.10 Å². The zero-order valence-corrected chi connectivity index (χ0v) is 18.7. The molecule has 0 N–H and O–H groups in total. The van der Waals surface area contributed by atoms with Gasteiger partial charge < -0.3 is 4.42 Å². The van der Waals surface area contributed by atoms with Gasteiger partial charge in [-0.3, -0.25) is 0 Å². The van der Waals surface area contributed by atoms with E-state index in [0.29, 0.717) is 16.9 Å². The summed E-state index contributed by atoms with van der Waals surface area (Å²) >= 11 is 1.52. The number of benzene rings is 3. The second-order valence-corrected chi connectivity index (χ2v) is 8.61. The number of nitrogens with zero attached hydrogens (tertiary/aromatic N) is 4. The molecule has 5 rings (SSSR count). The molecule has 2 heterocycles. The van der Waals surface area contributed by atoms with E-state index >= 15 is 0 Å². The van der Waals surface area contributed by atoms with Crippen LogP contribution >= 0.6 is 11.8 Å². The van der Waals surface area contributed by atoms with Crippen molar-refractivity contribution in [3.8, 4) is 28.4 Å². The van der Waals surface area contributed by atoms with E-state index in [2.05, 4.69) is 60.6 Å². The van der Waals surface area contributed by atoms with E-state index in [0.717, 1.165) is 28.1 Å². The van der Waals surface area contributed by atoms with Crippen molar-refractivity contribution in [3.63, 3.8) is 0 Å². The van der Waals surface area contributed by atoms with E-state index in [9.17, 15) is 0 Å². The number of hydrogen-bond donors (Lipinski definition) is 0. The highest BCUT2D eigenvalue weighted by atomic mass is 32.2. The van der Waals surface area contributed by atoms with Crippen LogP contribution in [0.4, 0.5) is 0 Å². The second kappa shape index (κ2) is 8.85. The average molecular weight is 439 g/mol. The predicted molar refractivity (Wildman–Crippen MR) is 128 cm³/mol. The van der Waals surface area contributed by atoms with Gasteiger partial charge in [0.15, 0.2) is 0 Å². The first kappa shape index (κ1) is 20.3. The Morgan fingerprint density at radius 1 is 0.812 bits per heavy atom. The molecule has 158 valence electrons. The van der Waals surface area contributed by atoms with E-state index < -0.39 is 0 Å². The standard InChI is InChI=1S/C26H22N4OS/c1-18-13-19(2)15-21(14-18)25-27-28-26(31-25)32-17-22-16-30(23-11-7-4-8-12-23)29-24(22)20-9-5-3-6-10-20/h3-16H,17H2,1-2H3. The fourth-order valence-corrected chi connectivity index (χ4v) is 4.42. The van der Waals surface area contributed by atoms with Gasteiger partial charge in [0.25, 0.3) is 5.22 Å². The number of aryl methyl sites for hydroxylation is 2. The maximum Gasteiger partial charge on any atom is 0.277 e. The van der Waals surface area contributed by atoms with Crippen molar-refractivity contribution in [2.24, 2.45) is 0 Å². The third-order valence-electron chi connectivity index (χ3n) is 5.08. The minimum absolute atomic E-state index is 0.544. The Morgan fingerprint density at radius 2 is 1.50 bits per heavy atom. The summed E-state index contributed by atoms with van der Waals surface area (Å²) in [4.78, 5) is 0. The molecule has 0 atom stereocenters. The molecule has 0 saturated carbocycles. The first-order valence-corrected chi connectivity index (χ1v) is 11.4. The average Bonchev–Trinajstić information content (AvgIpc) is 3.46. The van der Waals surface area contributed by atoms with Gasteiger partial charge in [-0.05, 0) is 38.1 Å². The van der Waals surface area contributed by atoms with Gasteiger partial charge in [0.1, 0.15) is 0 Å². The quantitative estimate of drug-likeness (QED) is 0.283. The highest BCUT2D eigenvalue weighted by Gasteiger charge is 2.15. The van der Waals surface area contributed by atoms with Crippen LogP contribution in [0.2, 0.25) is 0 Å². The number of rotatable bonds is 6. The van der Waals surface area contributed by atoms with Crippen molar-refractivity contribution in [2.45, 2.75) is 24.8 Å². The normalized spacial score (nSPS) is 11.1. The van der Waals surface area contributed by atoms with E-state index in [1.807, 2.05) is 53.2 Å². The molecule has 0 radical (unpaired) electrons. The Morgan fingerprint density at radius 3 is 2.22 bits per heavy atom. The van der Waals surface area contributed by atoms with Crippen LogP contribution in [0.1, 0.15) is 16.7 Å². The van der Waals surface area contributed by atoms with Crippen molar-refractivity contribution in [3.05, 3.63) is 102 Å². The Bertz CT molecular complexity index is 1320. The summed E-state index contributed by atoms with van der Waals surface area (Å²) in [6, 6.07) is 26.6. The summed E-state index contributed by atoms with van der Waals surface area (Å²) in [5.74, 6) is 1.22. The molecular formula is C26H22N4OS. The van der Waals surface area contributed by atoms with Gasteiger partial charge in [-0.25, -0.2) is 4.68 Å². The highest BCUT2D eigenvalue weighted by Crippen LogP contribution is 2.31. The monoisotopic (exact) mass is 438 g/mol. The molecule has 5 nitrogen and oxygen atoms in total.